The number of hydrogen-bond acceptors (Lipinski definition) is 11. The van der Waals surface area contributed by atoms with Crippen molar-refractivity contribution in [2.45, 2.75) is 42.7 Å². The molecule has 11 nitrogen and oxygen atoms in total. The van der Waals surface area contributed by atoms with E-state index < -0.39 is 49.3 Å². The first-order chi connectivity index (χ1) is 17.8. The number of aliphatic hydroxyl groups excluding tert-OH is 5. The topological polar surface area (TPSA) is 168 Å². The van der Waals surface area contributed by atoms with E-state index in [1.807, 2.05) is 6.07 Å². The minimum atomic E-state index is -1.57. The zero-order chi connectivity index (χ0) is 26.7. The van der Waals surface area contributed by atoms with Crippen molar-refractivity contribution in [1.82, 2.24) is 0 Å². The van der Waals surface area contributed by atoms with Crippen LogP contribution >= 0.6 is 0 Å². The lowest BCUT2D eigenvalue weighted by atomic mass is 9.90. The molecule has 0 saturated carbocycles. The van der Waals surface area contributed by atoms with Gasteiger partial charge in [0.05, 0.1) is 40.0 Å². The van der Waals surface area contributed by atoms with Crippen LogP contribution in [0.3, 0.4) is 0 Å². The van der Waals surface area contributed by atoms with E-state index in [9.17, 15) is 30.6 Å². The van der Waals surface area contributed by atoms with E-state index in [-0.39, 0.29) is 24.7 Å². The van der Waals surface area contributed by atoms with Crippen LogP contribution in [-0.4, -0.2) is 95.4 Å². The van der Waals surface area contributed by atoms with Crippen LogP contribution in [0.2, 0.25) is 0 Å². The van der Waals surface area contributed by atoms with Crippen molar-refractivity contribution >= 4 is 6.08 Å². The lowest BCUT2D eigenvalue weighted by Crippen LogP contribution is -2.59. The smallest absolute Gasteiger partial charge is 0.186 e. The summed E-state index contributed by atoms with van der Waals surface area (Å²) in [5, 5.41) is 59.4. The number of phenols is 1. The maximum atomic E-state index is 10.4. The molecule has 1 fully saturated rings. The molecule has 6 N–H and O–H groups in total. The highest BCUT2D eigenvalue weighted by atomic mass is 16.7. The van der Waals surface area contributed by atoms with Gasteiger partial charge in [0.1, 0.15) is 30.5 Å². The molecule has 0 bridgehead atoms. The van der Waals surface area contributed by atoms with Gasteiger partial charge >= 0.3 is 0 Å². The van der Waals surface area contributed by atoms with Crippen molar-refractivity contribution in [3.63, 3.8) is 0 Å². The second-order valence-electron chi connectivity index (χ2n) is 8.83. The zero-order valence-corrected chi connectivity index (χ0v) is 20.4. The molecule has 4 rings (SSSR count). The van der Waals surface area contributed by atoms with E-state index in [0.717, 1.165) is 11.1 Å². The maximum Gasteiger partial charge on any atom is 0.186 e. The highest BCUT2D eigenvalue weighted by Crippen LogP contribution is 2.52. The number of aromatic hydroxyl groups is 1. The Kier molecular flexibility index (Phi) is 8.55. The summed E-state index contributed by atoms with van der Waals surface area (Å²) in [4.78, 5) is 0. The Morgan fingerprint density at radius 3 is 2.38 bits per heavy atom. The third-order valence-electron chi connectivity index (χ3n) is 6.57. The Morgan fingerprint density at radius 2 is 1.70 bits per heavy atom. The molecule has 2 aromatic carbocycles. The van der Waals surface area contributed by atoms with Crippen LogP contribution in [0, 0.1) is 0 Å². The molecule has 0 spiro atoms. The summed E-state index contributed by atoms with van der Waals surface area (Å²) in [5.74, 6) is 0.673. The standard InChI is InChI=1S/C26H32O11/c1-33-18-10-14(5-6-17(18)29)24-16(12-35-26-23(32)22(31)21(30)20(11-28)36-26)15-8-13(4-3-7-27)9-19(34-2)25(15)37-24/h3-6,8-10,16,20-24,26-32H,7,11-12H2,1-2H3/t16-,20+,21+,22-,23-,24-,26+/m1/s1. The largest absolute Gasteiger partial charge is 0.504 e. The second-order valence-corrected chi connectivity index (χ2v) is 8.83. The molecule has 0 unspecified atom stereocenters. The molecule has 11 heteroatoms. The van der Waals surface area contributed by atoms with E-state index in [1.54, 1.807) is 30.4 Å². The van der Waals surface area contributed by atoms with Gasteiger partial charge in [-0.25, -0.2) is 0 Å². The monoisotopic (exact) mass is 520 g/mol. The molecule has 0 aromatic heterocycles. The minimum Gasteiger partial charge on any atom is -0.504 e. The summed E-state index contributed by atoms with van der Waals surface area (Å²) in [6.45, 7) is -0.775. The van der Waals surface area contributed by atoms with Crippen LogP contribution in [0.25, 0.3) is 6.08 Å². The van der Waals surface area contributed by atoms with Crippen molar-refractivity contribution < 1.29 is 54.3 Å². The van der Waals surface area contributed by atoms with Gasteiger partial charge in [0.25, 0.3) is 0 Å². The molecule has 2 aliphatic heterocycles. The molecule has 0 amide bonds. The highest BCUT2D eigenvalue weighted by molar-refractivity contribution is 5.62. The normalized spacial score (nSPS) is 29.2. The molecule has 0 aliphatic carbocycles. The summed E-state index contributed by atoms with van der Waals surface area (Å²) in [6, 6.07) is 8.45. The average molecular weight is 521 g/mol. The first kappa shape index (κ1) is 27.1. The fraction of sp³-hybridized carbons (Fsp3) is 0.462. The number of benzene rings is 2. The fourth-order valence-electron chi connectivity index (χ4n) is 4.61. The van der Waals surface area contributed by atoms with Gasteiger partial charge in [-0.3, -0.25) is 0 Å². The minimum absolute atomic E-state index is 0.0371. The Morgan fingerprint density at radius 1 is 0.946 bits per heavy atom. The average Bonchev–Trinajstić information content (AvgIpc) is 3.28. The first-order valence-corrected chi connectivity index (χ1v) is 11.8. The Bertz CT molecular complexity index is 1100. The summed E-state index contributed by atoms with van der Waals surface area (Å²) in [5.41, 5.74) is 2.14. The number of ether oxygens (including phenoxy) is 5. The van der Waals surface area contributed by atoms with Crippen LogP contribution in [0.15, 0.2) is 36.4 Å². The van der Waals surface area contributed by atoms with E-state index >= 15 is 0 Å². The van der Waals surface area contributed by atoms with Gasteiger partial charge in [-0.05, 0) is 35.4 Å². The molecular weight excluding hydrogens is 488 g/mol. The maximum absolute atomic E-state index is 10.4. The molecule has 0 radical (unpaired) electrons. The van der Waals surface area contributed by atoms with Crippen molar-refractivity contribution in [3.8, 4) is 23.0 Å². The van der Waals surface area contributed by atoms with Gasteiger partial charge in [-0.1, -0.05) is 18.2 Å². The first-order valence-electron chi connectivity index (χ1n) is 11.8. The number of aliphatic hydroxyl groups is 5. The highest BCUT2D eigenvalue weighted by Gasteiger charge is 2.45. The van der Waals surface area contributed by atoms with Crippen molar-refractivity contribution in [1.29, 1.82) is 0 Å². The van der Waals surface area contributed by atoms with Crippen molar-refractivity contribution in [3.05, 3.63) is 53.1 Å². The van der Waals surface area contributed by atoms with Crippen LogP contribution in [-0.2, 0) is 9.47 Å². The lowest BCUT2D eigenvalue weighted by molar-refractivity contribution is -0.302. The van der Waals surface area contributed by atoms with Gasteiger partial charge in [-0.2, -0.15) is 0 Å². The molecule has 2 heterocycles. The Balaban J connectivity index is 1.70. The molecule has 2 aromatic rings. The van der Waals surface area contributed by atoms with E-state index in [1.165, 1.54) is 20.3 Å². The third kappa shape index (κ3) is 5.39. The molecule has 2 aliphatic rings. The van der Waals surface area contributed by atoms with Crippen LogP contribution in [0.5, 0.6) is 23.0 Å². The summed E-state index contributed by atoms with van der Waals surface area (Å²) in [6.07, 6.45) is -4.38. The molecular formula is C26H32O11. The van der Waals surface area contributed by atoms with Gasteiger partial charge in [0.15, 0.2) is 29.3 Å². The van der Waals surface area contributed by atoms with Gasteiger partial charge in [0.2, 0.25) is 0 Å². The third-order valence-corrected chi connectivity index (χ3v) is 6.57. The van der Waals surface area contributed by atoms with Gasteiger partial charge < -0.3 is 54.3 Å². The number of rotatable bonds is 9. The Hall–Kier alpha value is -2.90. The predicted molar refractivity (Wildman–Crippen MR) is 130 cm³/mol. The van der Waals surface area contributed by atoms with Crippen LogP contribution in [0.1, 0.15) is 28.7 Å². The number of phenolic OH excluding ortho intramolecular Hbond substituents is 1. The molecule has 7 atom stereocenters. The van der Waals surface area contributed by atoms with E-state index in [2.05, 4.69) is 0 Å². The number of hydrogen-bond donors (Lipinski definition) is 6. The molecule has 1 saturated heterocycles. The van der Waals surface area contributed by atoms with Crippen LogP contribution in [0.4, 0.5) is 0 Å². The van der Waals surface area contributed by atoms with Gasteiger partial charge in [-0.15, -0.1) is 0 Å². The second kappa shape index (κ2) is 11.7. The fourth-order valence-corrected chi connectivity index (χ4v) is 4.61. The van der Waals surface area contributed by atoms with E-state index in [0.29, 0.717) is 17.1 Å². The summed E-state index contributed by atoms with van der Waals surface area (Å²) < 4.78 is 28.5. The lowest BCUT2D eigenvalue weighted by Gasteiger charge is -2.40. The van der Waals surface area contributed by atoms with E-state index in [4.69, 9.17) is 23.7 Å². The summed E-state index contributed by atoms with van der Waals surface area (Å²) in [7, 11) is 2.94. The van der Waals surface area contributed by atoms with Gasteiger partial charge in [0, 0.05) is 5.56 Å². The SMILES string of the molecule is COc1cc([C@H]2Oc3c(OC)cc(C=CCO)cc3[C@H]2CO[C@H]2O[C@@H](CO)[C@H](O)[C@@H](O)[C@H]2O)ccc1O. The number of methoxy groups -OCH3 is 2. The summed E-state index contributed by atoms with van der Waals surface area (Å²) >= 11 is 0. The predicted octanol–water partition coefficient (Wildman–Crippen LogP) is 0.449. The quantitative estimate of drug-likeness (QED) is 0.272. The van der Waals surface area contributed by atoms with Crippen LogP contribution < -0.4 is 14.2 Å². The zero-order valence-electron chi connectivity index (χ0n) is 20.4. The molecule has 202 valence electrons. The van der Waals surface area contributed by atoms with Crippen molar-refractivity contribution in [2.24, 2.45) is 0 Å². The number of fused-ring (bicyclic) bond motifs is 1. The van der Waals surface area contributed by atoms with Crippen molar-refractivity contribution in [2.75, 3.05) is 34.0 Å². The Labute approximate surface area is 213 Å². The molecule has 37 heavy (non-hydrogen) atoms.